The molecule has 0 bridgehead atoms. The fourth-order valence-electron chi connectivity index (χ4n) is 2.67. The van der Waals surface area contributed by atoms with Gasteiger partial charge in [0.15, 0.2) is 17.3 Å². The number of hydrogen-bond donors (Lipinski definition) is 0. The van der Waals surface area contributed by atoms with Gasteiger partial charge in [-0.3, -0.25) is 14.4 Å². The van der Waals surface area contributed by atoms with Crippen LogP contribution in [0.4, 0.5) is 0 Å². The van der Waals surface area contributed by atoms with Crippen LogP contribution >= 0.6 is 0 Å². The van der Waals surface area contributed by atoms with Crippen LogP contribution in [0.25, 0.3) is 0 Å². The average Bonchev–Trinajstić information content (AvgIpc) is 2.58. The summed E-state index contributed by atoms with van der Waals surface area (Å²) >= 11 is 0. The second-order valence-corrected chi connectivity index (χ2v) is 5.35. The largest absolute Gasteiger partial charge is 0.492 e. The van der Waals surface area contributed by atoms with Crippen LogP contribution in [0.1, 0.15) is 53.8 Å². The SMILES string of the molecule is CCCC(=CC1=C(OC)C(=O)c2ccccc2C1=O)C(=O)CC. The molecule has 23 heavy (non-hydrogen) atoms. The fourth-order valence-corrected chi connectivity index (χ4v) is 2.67. The van der Waals surface area contributed by atoms with E-state index in [-0.39, 0.29) is 28.7 Å². The highest BCUT2D eigenvalue weighted by molar-refractivity contribution is 6.27. The summed E-state index contributed by atoms with van der Waals surface area (Å²) in [5.41, 5.74) is 1.41. The normalized spacial score (nSPS) is 14.8. The molecule has 1 aromatic carbocycles. The second kappa shape index (κ2) is 7.18. The Kier molecular flexibility index (Phi) is 5.27. The first kappa shape index (κ1) is 16.9. The van der Waals surface area contributed by atoms with E-state index < -0.39 is 0 Å². The Morgan fingerprint density at radius 2 is 1.70 bits per heavy atom. The molecule has 0 amide bonds. The van der Waals surface area contributed by atoms with Crippen LogP contribution in [0.15, 0.2) is 47.2 Å². The molecule has 0 N–H and O–H groups in total. The first-order valence-corrected chi connectivity index (χ1v) is 7.75. The molecule has 0 radical (unpaired) electrons. The van der Waals surface area contributed by atoms with Gasteiger partial charge in [0.2, 0.25) is 5.78 Å². The number of fused-ring (bicyclic) bond motifs is 1. The number of hydrogen-bond acceptors (Lipinski definition) is 4. The lowest BCUT2D eigenvalue weighted by Crippen LogP contribution is -2.22. The maximum Gasteiger partial charge on any atom is 0.229 e. The highest BCUT2D eigenvalue weighted by Crippen LogP contribution is 2.28. The highest BCUT2D eigenvalue weighted by Gasteiger charge is 2.32. The van der Waals surface area contributed by atoms with Crippen LogP contribution in [-0.2, 0) is 9.53 Å². The second-order valence-electron chi connectivity index (χ2n) is 5.35. The molecule has 0 atom stereocenters. The van der Waals surface area contributed by atoms with Crippen LogP contribution in [0, 0.1) is 0 Å². The number of benzene rings is 1. The molecule has 2 rings (SSSR count). The zero-order valence-electron chi connectivity index (χ0n) is 13.6. The number of ketones is 3. The Bertz CT molecular complexity index is 723. The van der Waals surface area contributed by atoms with Crippen molar-refractivity contribution in [3.8, 4) is 0 Å². The van der Waals surface area contributed by atoms with Crippen molar-refractivity contribution in [2.75, 3.05) is 7.11 Å². The lowest BCUT2D eigenvalue weighted by molar-refractivity contribution is -0.115. The van der Waals surface area contributed by atoms with Crippen molar-refractivity contribution in [2.24, 2.45) is 0 Å². The molecule has 0 unspecified atom stereocenters. The van der Waals surface area contributed by atoms with Gasteiger partial charge in [0, 0.05) is 17.5 Å². The van der Waals surface area contributed by atoms with Crippen molar-refractivity contribution < 1.29 is 19.1 Å². The minimum Gasteiger partial charge on any atom is -0.492 e. The Balaban J connectivity index is 2.61. The maximum atomic E-state index is 12.7. The molecule has 0 saturated heterocycles. The molecule has 1 aromatic rings. The zero-order chi connectivity index (χ0) is 17.0. The standard InChI is InChI=1S/C19H20O4/c1-4-8-12(16(20)5-2)11-15-17(21)13-9-6-7-10-14(13)18(22)19(15)23-3/h6-7,9-11H,4-5,8H2,1-3H3. The molecular weight excluding hydrogens is 292 g/mol. The van der Waals surface area contributed by atoms with Crippen molar-refractivity contribution in [3.63, 3.8) is 0 Å². The summed E-state index contributed by atoms with van der Waals surface area (Å²) in [6.45, 7) is 3.74. The van der Waals surface area contributed by atoms with E-state index in [9.17, 15) is 14.4 Å². The molecule has 0 aliphatic heterocycles. The smallest absolute Gasteiger partial charge is 0.229 e. The number of carbonyl (C=O) groups excluding carboxylic acids is 3. The summed E-state index contributed by atoms with van der Waals surface area (Å²) in [4.78, 5) is 37.3. The Morgan fingerprint density at radius 1 is 1.09 bits per heavy atom. The number of Topliss-reactive ketones (excluding diaryl/α,β-unsaturated/α-hetero) is 3. The van der Waals surface area contributed by atoms with Crippen molar-refractivity contribution >= 4 is 17.3 Å². The molecule has 1 aliphatic carbocycles. The van der Waals surface area contributed by atoms with Crippen LogP contribution < -0.4 is 0 Å². The van der Waals surface area contributed by atoms with Gasteiger partial charge < -0.3 is 4.74 Å². The number of allylic oxidation sites excluding steroid dienone is 4. The van der Waals surface area contributed by atoms with E-state index in [2.05, 4.69) is 0 Å². The first-order valence-electron chi connectivity index (χ1n) is 7.75. The fraction of sp³-hybridized carbons (Fsp3) is 0.316. The molecule has 4 heteroatoms. The molecule has 4 nitrogen and oxygen atoms in total. The Morgan fingerprint density at radius 3 is 2.22 bits per heavy atom. The molecule has 120 valence electrons. The van der Waals surface area contributed by atoms with Gasteiger partial charge in [-0.1, -0.05) is 44.5 Å². The van der Waals surface area contributed by atoms with Crippen molar-refractivity contribution in [3.05, 3.63) is 58.4 Å². The van der Waals surface area contributed by atoms with Gasteiger partial charge >= 0.3 is 0 Å². The predicted octanol–water partition coefficient (Wildman–Crippen LogP) is 3.67. The third kappa shape index (κ3) is 3.16. The minimum absolute atomic E-state index is 0.00575. The summed E-state index contributed by atoms with van der Waals surface area (Å²) < 4.78 is 5.19. The van der Waals surface area contributed by atoms with Crippen molar-refractivity contribution in [1.82, 2.24) is 0 Å². The molecular formula is C19H20O4. The first-order chi connectivity index (χ1) is 11.0. The van der Waals surface area contributed by atoms with E-state index in [4.69, 9.17) is 4.74 Å². The van der Waals surface area contributed by atoms with E-state index >= 15 is 0 Å². The lowest BCUT2D eigenvalue weighted by Gasteiger charge is -2.18. The van der Waals surface area contributed by atoms with Crippen LogP contribution in [0.5, 0.6) is 0 Å². The summed E-state index contributed by atoms with van der Waals surface area (Å²) in [6, 6.07) is 6.66. The van der Waals surface area contributed by atoms with Crippen molar-refractivity contribution in [2.45, 2.75) is 33.1 Å². The molecule has 0 aromatic heterocycles. The van der Waals surface area contributed by atoms with Gasteiger partial charge in [-0.25, -0.2) is 0 Å². The predicted molar refractivity (Wildman–Crippen MR) is 87.4 cm³/mol. The van der Waals surface area contributed by atoms with E-state index in [1.165, 1.54) is 13.2 Å². The number of ether oxygens (including phenoxy) is 1. The minimum atomic E-state index is -0.325. The Hall–Kier alpha value is -2.49. The van der Waals surface area contributed by atoms with E-state index in [1.807, 2.05) is 6.92 Å². The topological polar surface area (TPSA) is 60.4 Å². The monoisotopic (exact) mass is 312 g/mol. The quantitative estimate of drug-likeness (QED) is 0.752. The summed E-state index contributed by atoms with van der Waals surface area (Å²) in [5.74, 6) is -0.622. The summed E-state index contributed by atoms with van der Waals surface area (Å²) in [7, 11) is 1.36. The van der Waals surface area contributed by atoms with Gasteiger partial charge in [-0.2, -0.15) is 0 Å². The number of rotatable bonds is 6. The zero-order valence-corrected chi connectivity index (χ0v) is 13.6. The highest BCUT2D eigenvalue weighted by atomic mass is 16.5. The third-order valence-electron chi connectivity index (χ3n) is 3.83. The van der Waals surface area contributed by atoms with Gasteiger partial charge in [-0.15, -0.1) is 0 Å². The third-order valence-corrected chi connectivity index (χ3v) is 3.83. The van der Waals surface area contributed by atoms with Crippen LogP contribution in [0.2, 0.25) is 0 Å². The molecule has 0 heterocycles. The van der Waals surface area contributed by atoms with Gasteiger partial charge in [0.05, 0.1) is 12.7 Å². The van der Waals surface area contributed by atoms with Crippen molar-refractivity contribution in [1.29, 1.82) is 0 Å². The van der Waals surface area contributed by atoms with Crippen LogP contribution in [0.3, 0.4) is 0 Å². The summed E-state index contributed by atoms with van der Waals surface area (Å²) in [5, 5.41) is 0. The van der Waals surface area contributed by atoms with E-state index in [0.717, 1.165) is 6.42 Å². The van der Waals surface area contributed by atoms with E-state index in [1.54, 1.807) is 31.2 Å². The number of methoxy groups -OCH3 is 1. The van der Waals surface area contributed by atoms with Crippen LogP contribution in [-0.4, -0.2) is 24.5 Å². The van der Waals surface area contributed by atoms with Gasteiger partial charge in [0.1, 0.15) is 0 Å². The molecule has 1 aliphatic rings. The lowest BCUT2D eigenvalue weighted by atomic mass is 9.86. The van der Waals surface area contributed by atoms with Gasteiger partial charge in [-0.05, 0) is 18.1 Å². The molecule has 0 fully saturated rings. The molecule has 0 saturated carbocycles. The average molecular weight is 312 g/mol. The Labute approximate surface area is 135 Å². The maximum absolute atomic E-state index is 12.7. The summed E-state index contributed by atoms with van der Waals surface area (Å²) in [6.07, 6.45) is 3.24. The van der Waals surface area contributed by atoms with Gasteiger partial charge in [0.25, 0.3) is 0 Å². The number of carbonyl (C=O) groups is 3. The van der Waals surface area contributed by atoms with E-state index in [0.29, 0.717) is 29.5 Å². The molecule has 0 spiro atoms.